The van der Waals surface area contributed by atoms with Crippen LogP contribution in [0.3, 0.4) is 0 Å². The smallest absolute Gasteiger partial charge is 0.327 e. The van der Waals surface area contributed by atoms with Gasteiger partial charge in [0.2, 0.25) is 5.78 Å². The van der Waals surface area contributed by atoms with Crippen molar-refractivity contribution in [2.45, 2.75) is 19.8 Å². The molecule has 0 amide bonds. The summed E-state index contributed by atoms with van der Waals surface area (Å²) in [6, 6.07) is 17.6. The molecule has 0 bridgehead atoms. The summed E-state index contributed by atoms with van der Waals surface area (Å²) in [4.78, 5) is 37.3. The Hall–Kier alpha value is -3.21. The summed E-state index contributed by atoms with van der Waals surface area (Å²) < 4.78 is 5.27. The Bertz CT molecular complexity index is 1290. The average molecular weight is 465 g/mol. The second-order valence-corrected chi connectivity index (χ2v) is 8.48. The van der Waals surface area contributed by atoms with Crippen molar-refractivity contribution in [1.82, 2.24) is 0 Å². The first-order valence-corrected chi connectivity index (χ1v) is 10.6. The summed E-state index contributed by atoms with van der Waals surface area (Å²) in [6.45, 7) is 3.46. The van der Waals surface area contributed by atoms with Crippen LogP contribution in [0.15, 0.2) is 66.4 Å². The summed E-state index contributed by atoms with van der Waals surface area (Å²) in [7, 11) is 0. The predicted molar refractivity (Wildman–Crippen MR) is 125 cm³/mol. The largest absolute Gasteiger partial charge is 0.422 e. The summed E-state index contributed by atoms with van der Waals surface area (Å²) in [5.41, 5.74) is 4.42. The first kappa shape index (κ1) is 22.0. The molecule has 0 N–H and O–H groups in total. The van der Waals surface area contributed by atoms with Gasteiger partial charge in [0.25, 0.3) is 0 Å². The lowest BCUT2D eigenvalue weighted by Gasteiger charge is -2.11. The molecule has 0 radical (unpaired) electrons. The minimum Gasteiger partial charge on any atom is -0.422 e. The number of hydrogen-bond acceptors (Lipinski definition) is 4. The van der Waals surface area contributed by atoms with E-state index in [-0.39, 0.29) is 11.5 Å². The van der Waals surface area contributed by atoms with Crippen LogP contribution in [-0.2, 0) is 14.3 Å². The number of aryl methyl sites for hydroxylation is 1. The number of ketones is 2. The molecule has 1 aliphatic rings. The number of ether oxygens (including phenoxy) is 1. The second kappa shape index (κ2) is 8.73. The summed E-state index contributed by atoms with van der Waals surface area (Å²) in [5.74, 6) is -2.25. The van der Waals surface area contributed by atoms with Gasteiger partial charge in [0, 0.05) is 15.6 Å². The highest BCUT2D eigenvalue weighted by Gasteiger charge is 2.41. The van der Waals surface area contributed by atoms with Gasteiger partial charge < -0.3 is 4.74 Å². The van der Waals surface area contributed by atoms with E-state index in [9.17, 15) is 14.4 Å². The molecule has 4 rings (SSSR count). The first-order chi connectivity index (χ1) is 15.2. The molecule has 6 heteroatoms. The van der Waals surface area contributed by atoms with E-state index in [4.69, 9.17) is 27.9 Å². The molecule has 0 spiro atoms. The standard InChI is InChI=1S/C26H18Cl2O4/c1-14-9-16(7-8-20(14)22-6-4-3-5-21(22)15(2)29)10-23-25(30)24(26(31)32-23)17-11-18(27)13-19(28)12-17/h3-13,24H,1-2H3. The highest BCUT2D eigenvalue weighted by Crippen LogP contribution is 2.34. The average Bonchev–Trinajstić information content (AvgIpc) is 3.00. The number of allylic oxidation sites excluding steroid dienone is 1. The molecular weight excluding hydrogens is 447 g/mol. The normalized spacial score (nSPS) is 17.0. The monoisotopic (exact) mass is 464 g/mol. The number of halogens is 2. The van der Waals surface area contributed by atoms with E-state index in [1.807, 2.05) is 43.3 Å². The van der Waals surface area contributed by atoms with Gasteiger partial charge in [-0.3, -0.25) is 14.4 Å². The lowest BCUT2D eigenvalue weighted by molar-refractivity contribution is -0.136. The van der Waals surface area contributed by atoms with Gasteiger partial charge in [0.15, 0.2) is 11.5 Å². The minimum atomic E-state index is -1.10. The number of hydrogen-bond donors (Lipinski definition) is 0. The summed E-state index contributed by atoms with van der Waals surface area (Å²) in [6.07, 6.45) is 1.54. The number of cyclic esters (lactones) is 1. The molecular formula is C26H18Cl2O4. The fourth-order valence-corrected chi connectivity index (χ4v) is 4.39. The Labute approximate surface area is 195 Å². The van der Waals surface area contributed by atoms with Crippen molar-refractivity contribution in [2.75, 3.05) is 0 Å². The predicted octanol–water partition coefficient (Wildman–Crippen LogP) is 6.42. The third-order valence-electron chi connectivity index (χ3n) is 5.31. The zero-order valence-corrected chi connectivity index (χ0v) is 18.8. The van der Waals surface area contributed by atoms with Gasteiger partial charge in [-0.15, -0.1) is 0 Å². The summed E-state index contributed by atoms with van der Waals surface area (Å²) in [5, 5.41) is 0.671. The molecule has 1 atom stereocenters. The topological polar surface area (TPSA) is 60.4 Å². The van der Waals surface area contributed by atoms with E-state index in [1.165, 1.54) is 25.1 Å². The minimum absolute atomic E-state index is 0.0122. The molecule has 1 heterocycles. The molecule has 3 aromatic rings. The van der Waals surface area contributed by atoms with Crippen molar-refractivity contribution in [3.8, 4) is 11.1 Å². The van der Waals surface area contributed by atoms with Crippen molar-refractivity contribution in [3.63, 3.8) is 0 Å². The fourth-order valence-electron chi connectivity index (χ4n) is 3.85. The highest BCUT2D eigenvalue weighted by atomic mass is 35.5. The van der Waals surface area contributed by atoms with Crippen LogP contribution >= 0.6 is 23.2 Å². The maximum Gasteiger partial charge on any atom is 0.327 e. The lowest BCUT2D eigenvalue weighted by Crippen LogP contribution is -2.12. The third-order valence-corrected chi connectivity index (χ3v) is 5.75. The van der Waals surface area contributed by atoms with Crippen molar-refractivity contribution in [1.29, 1.82) is 0 Å². The molecule has 1 aliphatic heterocycles. The quantitative estimate of drug-likeness (QED) is 0.193. The molecule has 1 fully saturated rings. The molecule has 3 aromatic carbocycles. The maximum atomic E-state index is 12.9. The van der Waals surface area contributed by atoms with Crippen LogP contribution in [0.2, 0.25) is 10.0 Å². The molecule has 1 unspecified atom stereocenters. The zero-order valence-electron chi connectivity index (χ0n) is 17.3. The SMILES string of the molecule is CC(=O)c1ccccc1-c1ccc(C=C2OC(=O)C(c3cc(Cl)cc(Cl)c3)C2=O)cc1C. The van der Waals surface area contributed by atoms with E-state index < -0.39 is 17.7 Å². The van der Waals surface area contributed by atoms with Gasteiger partial charge in [-0.1, -0.05) is 65.7 Å². The first-order valence-electron chi connectivity index (χ1n) is 9.89. The van der Waals surface area contributed by atoms with Gasteiger partial charge in [-0.05, 0) is 65.9 Å². The van der Waals surface area contributed by atoms with Crippen LogP contribution in [0.25, 0.3) is 17.2 Å². The number of rotatable bonds is 4. The van der Waals surface area contributed by atoms with Crippen LogP contribution < -0.4 is 0 Å². The molecule has 0 aliphatic carbocycles. The Kier molecular flexibility index (Phi) is 6.00. The molecule has 32 heavy (non-hydrogen) atoms. The summed E-state index contributed by atoms with van der Waals surface area (Å²) >= 11 is 12.0. The number of benzene rings is 3. The zero-order chi connectivity index (χ0) is 23.0. The van der Waals surface area contributed by atoms with Gasteiger partial charge in [0.05, 0.1) is 0 Å². The van der Waals surface area contributed by atoms with Gasteiger partial charge >= 0.3 is 5.97 Å². The number of carbonyl (C=O) groups excluding carboxylic acids is 3. The van der Waals surface area contributed by atoms with Crippen molar-refractivity contribution >= 4 is 46.8 Å². The van der Waals surface area contributed by atoms with Crippen LogP contribution in [-0.4, -0.2) is 17.5 Å². The lowest BCUT2D eigenvalue weighted by atomic mass is 9.92. The molecule has 160 valence electrons. The van der Waals surface area contributed by atoms with Crippen LogP contribution in [0.4, 0.5) is 0 Å². The second-order valence-electron chi connectivity index (χ2n) is 7.61. The van der Waals surface area contributed by atoms with E-state index in [0.29, 0.717) is 26.7 Å². The van der Waals surface area contributed by atoms with E-state index in [2.05, 4.69) is 0 Å². The molecule has 1 saturated heterocycles. The van der Waals surface area contributed by atoms with Crippen LogP contribution in [0, 0.1) is 6.92 Å². The number of carbonyl (C=O) groups is 3. The number of Topliss-reactive ketones (excluding diaryl/α,β-unsaturated/α-hetero) is 2. The van der Waals surface area contributed by atoms with Crippen molar-refractivity contribution in [2.24, 2.45) is 0 Å². The molecule has 0 saturated carbocycles. The van der Waals surface area contributed by atoms with E-state index in [0.717, 1.165) is 16.7 Å². The van der Waals surface area contributed by atoms with Gasteiger partial charge in [-0.25, -0.2) is 0 Å². The molecule has 0 aromatic heterocycles. The highest BCUT2D eigenvalue weighted by molar-refractivity contribution is 6.35. The van der Waals surface area contributed by atoms with Crippen LogP contribution in [0.5, 0.6) is 0 Å². The van der Waals surface area contributed by atoms with Crippen molar-refractivity contribution < 1.29 is 19.1 Å². The van der Waals surface area contributed by atoms with Crippen molar-refractivity contribution in [3.05, 3.63) is 98.7 Å². The van der Waals surface area contributed by atoms with E-state index in [1.54, 1.807) is 12.1 Å². The number of esters is 1. The fraction of sp³-hybridized carbons (Fsp3) is 0.115. The maximum absolute atomic E-state index is 12.9. The molecule has 4 nitrogen and oxygen atoms in total. The van der Waals surface area contributed by atoms with Gasteiger partial charge in [0.1, 0.15) is 5.92 Å². The third kappa shape index (κ3) is 4.24. The van der Waals surface area contributed by atoms with Crippen LogP contribution in [0.1, 0.15) is 39.9 Å². The van der Waals surface area contributed by atoms with E-state index >= 15 is 0 Å². The Morgan fingerprint density at radius 1 is 0.938 bits per heavy atom. The van der Waals surface area contributed by atoms with Gasteiger partial charge in [-0.2, -0.15) is 0 Å². The Morgan fingerprint density at radius 2 is 1.62 bits per heavy atom. The Morgan fingerprint density at radius 3 is 2.28 bits per heavy atom. The Balaban J connectivity index is 1.67.